The van der Waals surface area contributed by atoms with Gasteiger partial charge < -0.3 is 28.4 Å². The topological polar surface area (TPSA) is 24.5 Å². The van der Waals surface area contributed by atoms with Crippen LogP contribution in [0.15, 0.2) is 522 Å². The molecule has 0 aliphatic rings. The summed E-state index contributed by atoms with van der Waals surface area (Å²) in [4.78, 5) is 7.10. The van der Waals surface area contributed by atoms with E-state index in [4.69, 9.17) is 0 Å². The molecule has 21 aromatic carbocycles. The average Bonchev–Trinajstić information content (AvgIpc) is 1.56. The van der Waals surface area contributed by atoms with Gasteiger partial charge in [-0.1, -0.05) is 346 Å². The maximum absolute atomic E-state index is 2.44. The molecule has 0 amide bonds. The minimum Gasteiger partial charge on any atom is -0.310 e. The number of para-hydroxylation sites is 9. The number of rotatable bonds is 16. The van der Waals surface area contributed by atoms with E-state index in [1.807, 2.05) is 56.7 Å². The number of nitrogens with zero attached hydrogens (tertiary/aromatic N) is 6. The van der Waals surface area contributed by atoms with E-state index in [0.29, 0.717) is 0 Å². The fourth-order valence-electron chi connectivity index (χ4n) is 21.3. The van der Waals surface area contributed by atoms with Crippen molar-refractivity contribution in [1.82, 2.24) is 13.7 Å². The van der Waals surface area contributed by atoms with Gasteiger partial charge in [0.15, 0.2) is 0 Å². The predicted molar refractivity (Wildman–Crippen MR) is 620 cm³/mol. The summed E-state index contributed by atoms with van der Waals surface area (Å²) in [7, 11) is 0. The molecule has 0 N–H and O–H groups in total. The van der Waals surface area contributed by atoms with E-state index in [1.54, 1.807) is 0 Å². The lowest BCUT2D eigenvalue weighted by Gasteiger charge is -2.26. The molecule has 0 unspecified atom stereocenters. The van der Waals surface area contributed by atoms with Gasteiger partial charge in [-0.3, -0.25) is 0 Å². The molecular formula is C132H86N6S5. The van der Waals surface area contributed by atoms with Crippen LogP contribution in [-0.4, -0.2) is 13.7 Å². The zero-order valence-electron chi connectivity index (χ0n) is 77.4. The lowest BCUT2D eigenvalue weighted by atomic mass is 10.0. The molecule has 0 spiro atoms. The van der Waals surface area contributed by atoms with Crippen LogP contribution in [0, 0.1) is 0 Å². The maximum Gasteiger partial charge on any atom is 0.0727 e. The van der Waals surface area contributed by atoms with E-state index >= 15 is 0 Å². The number of hydrogen-bond acceptors (Lipinski definition) is 8. The molecule has 6 nitrogen and oxygen atoms in total. The minimum atomic E-state index is 1.12. The maximum atomic E-state index is 2.44. The van der Waals surface area contributed by atoms with E-state index in [-0.39, 0.29) is 0 Å². The van der Waals surface area contributed by atoms with Crippen LogP contribution in [0.4, 0.5) is 51.2 Å². The van der Waals surface area contributed by atoms with Gasteiger partial charge in [0.05, 0.1) is 47.2 Å². The van der Waals surface area contributed by atoms with Crippen molar-refractivity contribution in [3.63, 3.8) is 0 Å². The summed E-state index contributed by atoms with van der Waals surface area (Å²) in [6.45, 7) is 0. The number of hydrogen-bond donors (Lipinski definition) is 0. The number of thiophene rings is 5. The number of fused-ring (bicyclic) bond motifs is 21. The van der Waals surface area contributed by atoms with Crippen molar-refractivity contribution in [2.45, 2.75) is 0 Å². The normalized spacial score (nSPS) is 11.6. The van der Waals surface area contributed by atoms with Gasteiger partial charge in [-0.2, -0.15) is 0 Å². The summed E-state index contributed by atoms with van der Waals surface area (Å²) in [6.07, 6.45) is 0. The third-order valence-electron chi connectivity index (χ3n) is 27.7. The highest BCUT2D eigenvalue weighted by Gasteiger charge is 2.27. The van der Waals surface area contributed by atoms with Crippen molar-refractivity contribution >= 4 is 242 Å². The molecule has 674 valence electrons. The molecule has 29 aromatic rings. The van der Waals surface area contributed by atoms with Gasteiger partial charge in [-0.25, -0.2) is 0 Å². The Bertz CT molecular complexity index is 9700. The van der Waals surface area contributed by atoms with Crippen LogP contribution < -0.4 is 14.7 Å². The highest BCUT2D eigenvalue weighted by Crippen LogP contribution is 2.53. The van der Waals surface area contributed by atoms with Crippen molar-refractivity contribution in [3.8, 4) is 61.6 Å². The van der Waals surface area contributed by atoms with Crippen LogP contribution in [0.2, 0.25) is 0 Å². The molecule has 8 heterocycles. The van der Waals surface area contributed by atoms with Gasteiger partial charge in [0, 0.05) is 155 Å². The van der Waals surface area contributed by atoms with Gasteiger partial charge in [-0.05, 0) is 220 Å². The summed E-state index contributed by atoms with van der Waals surface area (Å²) in [5, 5.41) is 13.0. The summed E-state index contributed by atoms with van der Waals surface area (Å²) >= 11 is 9.44. The quantitative estimate of drug-likeness (QED) is 0.0964. The van der Waals surface area contributed by atoms with E-state index < -0.39 is 0 Å². The third kappa shape index (κ3) is 15.0. The molecule has 143 heavy (non-hydrogen) atoms. The Morgan fingerprint density at radius 2 is 0.385 bits per heavy atom. The lowest BCUT2D eigenvalue weighted by molar-refractivity contribution is 1.19. The highest BCUT2D eigenvalue weighted by molar-refractivity contribution is 7.28. The first kappa shape index (κ1) is 85.0. The molecule has 0 saturated heterocycles. The Kier molecular flexibility index (Phi) is 21.5. The standard InChI is InChI=1S/C50H30N2S3.C44H30N2S.C38H26N2S/c1-2-11-32(12-3-1)52-43-18-7-4-15-41(43)50-48(52)42-17-10-16-36(49(42)55-50)31-21-23-33(24-22-31)51(34-25-27-39-37-13-5-8-19-44(37)53-46(39)29-34)35-26-28-40-38-14-6-9-20-45(38)54-47(40)30-35;1-4-14-31(15-5-1)32-26-28-36(29-27-32)45(34-17-6-2-7-18-34)37-21-12-16-33(30-37)38-23-13-24-40-42-44(47-43(38)40)39-22-10-11-25-41(39)46(42)35-19-8-3-9-20-35;1-4-15-28(16-5-1)39(29-17-6-2-7-18-29)31-21-12-14-27(26-31)32-23-13-24-34-36-38(41-37(32)34)33-22-10-11-25-35(33)40(36)30-19-8-3-9-20-30/h1-30H;1-30H;1-26H. The molecular weight excluding hydrogens is 1830 g/mol. The van der Waals surface area contributed by atoms with Crippen molar-refractivity contribution in [1.29, 1.82) is 0 Å². The molecule has 0 radical (unpaired) electrons. The number of benzene rings is 21. The largest absolute Gasteiger partial charge is 0.310 e. The zero-order valence-corrected chi connectivity index (χ0v) is 81.5. The fraction of sp³-hybridized carbons (Fsp3) is 0. The Labute approximate surface area is 846 Å². The molecule has 11 heteroatoms. The molecule has 8 aromatic heterocycles. The van der Waals surface area contributed by atoms with E-state index in [9.17, 15) is 0 Å². The first-order chi connectivity index (χ1) is 71.0. The average molecular weight is 1920 g/mol. The molecule has 0 atom stereocenters. The van der Waals surface area contributed by atoms with Gasteiger partial charge in [-0.15, -0.1) is 56.7 Å². The van der Waals surface area contributed by atoms with Crippen LogP contribution in [-0.2, 0) is 0 Å². The smallest absolute Gasteiger partial charge is 0.0727 e. The number of aromatic nitrogens is 3. The van der Waals surface area contributed by atoms with Crippen molar-refractivity contribution in [2.75, 3.05) is 14.7 Å². The Morgan fingerprint density at radius 1 is 0.140 bits per heavy atom. The first-order valence-electron chi connectivity index (χ1n) is 48.3. The third-order valence-corrected chi connectivity index (χ3v) is 33.8. The Balaban J connectivity index is 0.000000108. The lowest BCUT2D eigenvalue weighted by Crippen LogP contribution is -2.09. The summed E-state index contributed by atoms with van der Waals surface area (Å²) in [6, 6.07) is 189. The van der Waals surface area contributed by atoms with Crippen LogP contribution >= 0.6 is 56.7 Å². The van der Waals surface area contributed by atoms with Crippen molar-refractivity contribution in [2.24, 2.45) is 0 Å². The highest BCUT2D eigenvalue weighted by atomic mass is 32.1. The van der Waals surface area contributed by atoms with Crippen molar-refractivity contribution in [3.05, 3.63) is 522 Å². The molecule has 0 aliphatic heterocycles. The van der Waals surface area contributed by atoms with Gasteiger partial charge in [0.25, 0.3) is 0 Å². The summed E-state index contributed by atoms with van der Waals surface area (Å²) in [5.74, 6) is 0. The molecule has 0 aliphatic carbocycles. The van der Waals surface area contributed by atoms with Gasteiger partial charge in [0.1, 0.15) is 0 Å². The molecule has 0 saturated carbocycles. The molecule has 29 rings (SSSR count). The van der Waals surface area contributed by atoms with Crippen LogP contribution in [0.5, 0.6) is 0 Å². The second-order valence-corrected chi connectivity index (χ2v) is 41.3. The van der Waals surface area contributed by atoms with E-state index in [0.717, 1.165) is 51.2 Å². The predicted octanol–water partition coefficient (Wildman–Crippen LogP) is 39.8. The van der Waals surface area contributed by atoms with Gasteiger partial charge in [0.2, 0.25) is 0 Å². The first-order valence-corrected chi connectivity index (χ1v) is 52.4. The summed E-state index contributed by atoms with van der Waals surface area (Å²) < 4.78 is 20.5. The van der Waals surface area contributed by atoms with E-state index in [1.165, 1.54) is 196 Å². The zero-order chi connectivity index (χ0) is 94.4. The van der Waals surface area contributed by atoms with Crippen LogP contribution in [0.25, 0.3) is 196 Å². The second kappa shape index (κ2) is 36.2. The van der Waals surface area contributed by atoms with E-state index in [2.05, 4.69) is 550 Å². The number of anilines is 9. The Hall–Kier alpha value is -17.3. The van der Waals surface area contributed by atoms with Crippen LogP contribution in [0.1, 0.15) is 0 Å². The second-order valence-electron chi connectivity index (χ2n) is 36.1. The Morgan fingerprint density at radius 3 is 0.755 bits per heavy atom. The van der Waals surface area contributed by atoms with Gasteiger partial charge >= 0.3 is 0 Å². The molecule has 0 fully saturated rings. The summed E-state index contributed by atoms with van der Waals surface area (Å²) in [5.41, 5.74) is 31.2. The van der Waals surface area contributed by atoms with Crippen LogP contribution in [0.3, 0.4) is 0 Å². The van der Waals surface area contributed by atoms with Crippen molar-refractivity contribution < 1.29 is 0 Å². The minimum absolute atomic E-state index is 1.12. The molecule has 0 bridgehead atoms. The fourth-order valence-corrected chi connectivity index (χ4v) is 27.7. The monoisotopic (exact) mass is 1910 g/mol. The SMILES string of the molecule is c1ccc(-c2ccc(N(c3ccccc3)c3cccc(-c4cccc5c4sc4c6ccccc6n(-c6ccccc6)c54)c3)cc2)cc1.c1ccc(-n2c3ccccc3c3sc4c(-c5ccc(N(c6ccc7c(c6)sc6ccccc67)c6ccc7c(c6)sc6ccccc67)cc5)cccc4c32)cc1.c1ccc(N(c2ccccc2)c2cccc(-c3cccc4c3sc3c5ccccc5n(-c5ccccc5)c43)c2)cc1.